The van der Waals surface area contributed by atoms with E-state index in [2.05, 4.69) is 0 Å². The van der Waals surface area contributed by atoms with Crippen LogP contribution in [0.1, 0.15) is 17.3 Å². The van der Waals surface area contributed by atoms with Crippen LogP contribution < -0.4 is 34.7 Å². The second-order valence-electron chi connectivity index (χ2n) is 2.78. The Balaban J connectivity index is 0.00000196. The smallest absolute Gasteiger partial charge is 0.877 e. The first-order valence-electron chi connectivity index (χ1n) is 4.09. The molecule has 0 amide bonds. The summed E-state index contributed by atoms with van der Waals surface area (Å²) < 4.78 is 0. The van der Waals surface area contributed by atoms with E-state index in [1.165, 1.54) is 6.92 Å². The first kappa shape index (κ1) is 14.1. The summed E-state index contributed by atoms with van der Waals surface area (Å²) in [6.45, 7) is 1.20. The van der Waals surface area contributed by atoms with Crippen LogP contribution in [0.3, 0.4) is 0 Å². The third-order valence-electron chi connectivity index (χ3n) is 1.78. The van der Waals surface area contributed by atoms with Gasteiger partial charge in [-0.1, -0.05) is 30.3 Å². The van der Waals surface area contributed by atoms with E-state index >= 15 is 0 Å². The summed E-state index contributed by atoms with van der Waals surface area (Å²) in [6.07, 6.45) is 0.303. The molecule has 0 aromatic heterocycles. The van der Waals surface area contributed by atoms with Crippen molar-refractivity contribution in [2.45, 2.75) is 6.92 Å². The molecule has 0 bridgehead atoms. The molecular formula is C11H9NaO3. The fourth-order valence-electron chi connectivity index (χ4n) is 1.04. The molecule has 3 nitrogen and oxygen atoms in total. The number of Topliss-reactive ketones (excluding diaryl/α,β-unsaturated/α-hetero) is 2. The van der Waals surface area contributed by atoms with Gasteiger partial charge in [0.15, 0.2) is 11.6 Å². The van der Waals surface area contributed by atoms with Crippen molar-refractivity contribution in [2.24, 2.45) is 0 Å². The Morgan fingerprint density at radius 2 is 1.73 bits per heavy atom. The predicted octanol–water partition coefficient (Wildman–Crippen LogP) is -2.29. The van der Waals surface area contributed by atoms with E-state index in [9.17, 15) is 14.7 Å². The van der Waals surface area contributed by atoms with Gasteiger partial charge >= 0.3 is 29.6 Å². The summed E-state index contributed by atoms with van der Waals surface area (Å²) in [5.74, 6) is -1.03. The number of ketones is 2. The van der Waals surface area contributed by atoms with Crippen molar-refractivity contribution in [1.29, 1.82) is 0 Å². The van der Waals surface area contributed by atoms with Crippen LogP contribution in [0.15, 0.2) is 42.2 Å². The Kier molecular flexibility index (Phi) is 6.17. The zero-order valence-electron chi connectivity index (χ0n) is 8.69. The molecule has 0 radical (unpaired) electrons. The van der Waals surface area contributed by atoms with Crippen molar-refractivity contribution in [1.82, 2.24) is 0 Å². The molecule has 0 aliphatic carbocycles. The molecule has 0 fully saturated rings. The van der Waals surface area contributed by atoms with E-state index in [-0.39, 0.29) is 35.1 Å². The molecule has 0 saturated heterocycles. The fourth-order valence-corrected chi connectivity index (χ4v) is 1.04. The van der Waals surface area contributed by atoms with Crippen molar-refractivity contribution in [3.63, 3.8) is 0 Å². The average Bonchev–Trinajstić information content (AvgIpc) is 2.19. The van der Waals surface area contributed by atoms with Crippen molar-refractivity contribution in [2.75, 3.05) is 0 Å². The van der Waals surface area contributed by atoms with E-state index in [0.29, 0.717) is 11.8 Å². The van der Waals surface area contributed by atoms with Crippen LogP contribution >= 0.6 is 0 Å². The van der Waals surface area contributed by atoms with Gasteiger partial charge in [-0.15, -0.1) is 6.26 Å². The van der Waals surface area contributed by atoms with Crippen LogP contribution in [-0.2, 0) is 4.79 Å². The molecule has 0 atom stereocenters. The maximum absolute atomic E-state index is 11.5. The van der Waals surface area contributed by atoms with E-state index in [1.54, 1.807) is 30.3 Å². The van der Waals surface area contributed by atoms with Crippen LogP contribution in [0.2, 0.25) is 0 Å². The van der Waals surface area contributed by atoms with Crippen molar-refractivity contribution >= 4 is 11.6 Å². The number of carbonyl (C=O) groups is 2. The minimum Gasteiger partial charge on any atom is -0.877 e. The zero-order chi connectivity index (χ0) is 10.6. The molecule has 0 spiro atoms. The summed E-state index contributed by atoms with van der Waals surface area (Å²) in [6, 6.07) is 8.24. The SMILES string of the molecule is CC(=O)/C(=C/[O-])C(=O)c1ccccc1.[Na+]. The second-order valence-corrected chi connectivity index (χ2v) is 2.78. The maximum atomic E-state index is 11.5. The van der Waals surface area contributed by atoms with Crippen LogP contribution in [0, 0.1) is 0 Å². The molecule has 0 N–H and O–H groups in total. The van der Waals surface area contributed by atoms with Crippen molar-refractivity contribution < 1.29 is 44.3 Å². The zero-order valence-corrected chi connectivity index (χ0v) is 10.7. The molecule has 0 heterocycles. The summed E-state index contributed by atoms with van der Waals surface area (Å²) in [5.41, 5.74) is 0.0426. The molecule has 0 aliphatic heterocycles. The molecule has 1 rings (SSSR count). The Morgan fingerprint density at radius 1 is 1.20 bits per heavy atom. The molecular weight excluding hydrogens is 203 g/mol. The van der Waals surface area contributed by atoms with Gasteiger partial charge in [0.2, 0.25) is 0 Å². The van der Waals surface area contributed by atoms with E-state index in [4.69, 9.17) is 0 Å². The molecule has 1 aromatic rings. The monoisotopic (exact) mass is 212 g/mol. The van der Waals surface area contributed by atoms with E-state index in [0.717, 1.165) is 0 Å². The van der Waals surface area contributed by atoms with Crippen molar-refractivity contribution in [3.8, 4) is 0 Å². The van der Waals surface area contributed by atoms with Crippen LogP contribution in [-0.4, -0.2) is 11.6 Å². The van der Waals surface area contributed by atoms with Gasteiger partial charge in [-0.2, -0.15) is 0 Å². The number of allylic oxidation sites excluding steroid dienone is 1. The van der Waals surface area contributed by atoms with Gasteiger partial charge in [0.1, 0.15) is 0 Å². The summed E-state index contributed by atoms with van der Waals surface area (Å²) >= 11 is 0. The topological polar surface area (TPSA) is 57.2 Å². The van der Waals surface area contributed by atoms with Gasteiger partial charge in [0.25, 0.3) is 0 Å². The molecule has 1 aromatic carbocycles. The molecule has 15 heavy (non-hydrogen) atoms. The van der Waals surface area contributed by atoms with Gasteiger partial charge < -0.3 is 5.11 Å². The van der Waals surface area contributed by atoms with Crippen LogP contribution in [0.5, 0.6) is 0 Å². The first-order valence-corrected chi connectivity index (χ1v) is 4.09. The number of carbonyl (C=O) groups excluding carboxylic acids is 2. The van der Waals surface area contributed by atoms with Crippen LogP contribution in [0.25, 0.3) is 0 Å². The van der Waals surface area contributed by atoms with Gasteiger partial charge in [-0.3, -0.25) is 9.59 Å². The van der Waals surface area contributed by atoms with E-state index < -0.39 is 11.6 Å². The summed E-state index contributed by atoms with van der Waals surface area (Å²) in [5, 5.41) is 10.5. The number of rotatable bonds is 3. The molecule has 72 valence electrons. The predicted molar refractivity (Wildman–Crippen MR) is 49.5 cm³/mol. The second kappa shape index (κ2) is 6.56. The third kappa shape index (κ3) is 3.63. The van der Waals surface area contributed by atoms with Crippen molar-refractivity contribution in [3.05, 3.63) is 47.7 Å². The summed E-state index contributed by atoms with van der Waals surface area (Å²) in [7, 11) is 0. The molecule has 4 heteroatoms. The number of benzene rings is 1. The Morgan fingerprint density at radius 3 is 2.13 bits per heavy atom. The normalized spacial score (nSPS) is 10.3. The minimum absolute atomic E-state index is 0. The molecule has 0 saturated carbocycles. The van der Waals surface area contributed by atoms with Gasteiger partial charge in [0, 0.05) is 5.56 Å². The quantitative estimate of drug-likeness (QED) is 0.141. The van der Waals surface area contributed by atoms with Gasteiger partial charge in [0.05, 0.1) is 5.57 Å². The molecule has 0 aliphatic rings. The first-order chi connectivity index (χ1) is 6.66. The Labute approximate surface area is 110 Å². The minimum atomic E-state index is -0.520. The van der Waals surface area contributed by atoms with Crippen LogP contribution in [0.4, 0.5) is 0 Å². The fraction of sp³-hybridized carbons (Fsp3) is 0.0909. The number of hydrogen-bond donors (Lipinski definition) is 0. The van der Waals surface area contributed by atoms with Gasteiger partial charge in [-0.25, -0.2) is 0 Å². The maximum Gasteiger partial charge on any atom is 1.00 e. The van der Waals surface area contributed by atoms with Gasteiger partial charge in [-0.05, 0) is 6.92 Å². The van der Waals surface area contributed by atoms with E-state index in [1.807, 2.05) is 0 Å². The summed E-state index contributed by atoms with van der Waals surface area (Å²) in [4.78, 5) is 22.4. The Bertz CT molecular complexity index is 382. The average molecular weight is 212 g/mol. The standard InChI is InChI=1S/C11H10O3.Na/c1-8(13)10(7-12)11(14)9-5-3-2-4-6-9;/h2-7,12H,1H3;/q;+1/p-1/b10-7-;. The Hall–Kier alpha value is -0.900. The number of hydrogen-bond acceptors (Lipinski definition) is 3. The molecule has 0 unspecified atom stereocenters. The third-order valence-corrected chi connectivity index (χ3v) is 1.78. The largest absolute Gasteiger partial charge is 1.00 e.